The number of pyridine rings is 1. The minimum atomic E-state index is -0.0450. The van der Waals surface area contributed by atoms with Gasteiger partial charge in [0.25, 0.3) is 0 Å². The Kier molecular flexibility index (Phi) is 8.62. The Hall–Kier alpha value is -1.93. The van der Waals surface area contributed by atoms with Crippen molar-refractivity contribution in [3.8, 4) is 0 Å². The summed E-state index contributed by atoms with van der Waals surface area (Å²) in [5.41, 5.74) is 2.57. The van der Waals surface area contributed by atoms with Gasteiger partial charge in [-0.05, 0) is 50.4 Å². The predicted molar refractivity (Wildman–Crippen MR) is 147 cm³/mol. The van der Waals surface area contributed by atoms with Crippen LogP contribution in [0.15, 0.2) is 53.7 Å². The second kappa shape index (κ2) is 12.1. The molecule has 2 atom stereocenters. The molecule has 0 bridgehead atoms. The second-order valence-corrected chi connectivity index (χ2v) is 11.9. The molecule has 4 heterocycles. The van der Waals surface area contributed by atoms with Crippen LogP contribution in [0, 0.1) is 6.92 Å². The van der Waals surface area contributed by atoms with Crippen LogP contribution in [0.5, 0.6) is 0 Å². The van der Waals surface area contributed by atoms with Crippen molar-refractivity contribution >= 4 is 17.7 Å². The normalized spacial score (nSPS) is 24.9. The van der Waals surface area contributed by atoms with Crippen LogP contribution in [0.1, 0.15) is 37.3 Å². The van der Waals surface area contributed by atoms with E-state index in [9.17, 15) is 4.79 Å². The first-order chi connectivity index (χ1) is 17.6. The Labute approximate surface area is 221 Å². The van der Waals surface area contributed by atoms with Crippen molar-refractivity contribution in [3.63, 3.8) is 0 Å². The van der Waals surface area contributed by atoms with Gasteiger partial charge in [-0.1, -0.05) is 42.8 Å². The van der Waals surface area contributed by atoms with Crippen LogP contribution in [-0.2, 0) is 11.3 Å². The molecule has 0 aliphatic carbocycles. The molecule has 1 aromatic heterocycles. The zero-order valence-electron chi connectivity index (χ0n) is 21.9. The SMILES string of the molecule is CCN1CCN(C2CCN(C(=O)[C@@H]3C[C@H](Sc4ccccn4)CN3Cc3cccc(C)c3)CC2)CC1. The molecule has 0 radical (unpaired) electrons. The molecular weight excluding hydrogens is 466 g/mol. The van der Waals surface area contributed by atoms with Crippen molar-refractivity contribution in [1.82, 2.24) is 24.6 Å². The number of nitrogens with zero attached hydrogens (tertiary/aromatic N) is 5. The number of aromatic nitrogens is 1. The lowest BCUT2D eigenvalue weighted by Crippen LogP contribution is -2.55. The van der Waals surface area contributed by atoms with Gasteiger partial charge in [-0.25, -0.2) is 4.98 Å². The quantitative estimate of drug-likeness (QED) is 0.569. The van der Waals surface area contributed by atoms with E-state index in [0.29, 0.717) is 17.2 Å². The number of piperidine rings is 1. The van der Waals surface area contributed by atoms with Crippen LogP contribution in [0.2, 0.25) is 0 Å². The van der Waals surface area contributed by atoms with Crippen molar-refractivity contribution in [3.05, 3.63) is 59.8 Å². The van der Waals surface area contributed by atoms with Crippen LogP contribution in [0.4, 0.5) is 0 Å². The maximum Gasteiger partial charge on any atom is 0.239 e. The van der Waals surface area contributed by atoms with E-state index in [-0.39, 0.29) is 6.04 Å². The highest BCUT2D eigenvalue weighted by atomic mass is 32.2. The molecule has 3 saturated heterocycles. The number of piperazine rings is 1. The molecule has 0 unspecified atom stereocenters. The first-order valence-electron chi connectivity index (χ1n) is 13.7. The standard InChI is InChI=1S/C29H41N5OS/c1-3-31-15-17-32(18-16-31)25-10-13-33(14-11-25)29(35)27-20-26(36-28-9-4-5-12-30-28)22-34(27)21-24-8-6-7-23(2)19-24/h4-9,12,19,25-27H,3,10-11,13-18,20-22H2,1-2H3/t26-,27-/m0/s1. The third-order valence-electron chi connectivity index (χ3n) is 8.19. The van der Waals surface area contributed by atoms with Gasteiger partial charge in [0.1, 0.15) is 0 Å². The van der Waals surface area contributed by atoms with Crippen molar-refractivity contribution < 1.29 is 4.79 Å². The van der Waals surface area contributed by atoms with Gasteiger partial charge in [-0.15, -0.1) is 11.8 Å². The summed E-state index contributed by atoms with van der Waals surface area (Å²) in [6, 6.07) is 15.4. The minimum Gasteiger partial charge on any atom is -0.341 e. The first kappa shape index (κ1) is 25.7. The first-order valence-corrected chi connectivity index (χ1v) is 14.6. The van der Waals surface area contributed by atoms with Gasteiger partial charge in [0.15, 0.2) is 0 Å². The molecule has 0 saturated carbocycles. The monoisotopic (exact) mass is 507 g/mol. The maximum absolute atomic E-state index is 13.9. The highest BCUT2D eigenvalue weighted by molar-refractivity contribution is 7.99. The second-order valence-electron chi connectivity index (χ2n) is 10.6. The van der Waals surface area contributed by atoms with E-state index in [1.807, 2.05) is 30.1 Å². The number of benzene rings is 1. The largest absolute Gasteiger partial charge is 0.341 e. The van der Waals surface area contributed by atoms with E-state index in [0.717, 1.165) is 57.0 Å². The molecule has 36 heavy (non-hydrogen) atoms. The van der Waals surface area contributed by atoms with Crippen molar-refractivity contribution in [1.29, 1.82) is 0 Å². The number of likely N-dealkylation sites (tertiary alicyclic amines) is 2. The highest BCUT2D eigenvalue weighted by Gasteiger charge is 2.40. The van der Waals surface area contributed by atoms with Gasteiger partial charge >= 0.3 is 0 Å². The van der Waals surface area contributed by atoms with E-state index in [1.54, 1.807) is 0 Å². The van der Waals surface area contributed by atoms with E-state index < -0.39 is 0 Å². The minimum absolute atomic E-state index is 0.0450. The number of carbonyl (C=O) groups is 1. The molecule has 1 aromatic carbocycles. The Balaban J connectivity index is 1.22. The average molecular weight is 508 g/mol. The number of hydrogen-bond donors (Lipinski definition) is 0. The van der Waals surface area contributed by atoms with Crippen LogP contribution in [-0.4, -0.2) is 100 Å². The van der Waals surface area contributed by atoms with Crippen LogP contribution in [0.3, 0.4) is 0 Å². The fraction of sp³-hybridized carbons (Fsp3) is 0.586. The summed E-state index contributed by atoms with van der Waals surface area (Å²) in [6.07, 6.45) is 4.96. The van der Waals surface area contributed by atoms with E-state index in [2.05, 4.69) is 68.8 Å². The summed E-state index contributed by atoms with van der Waals surface area (Å²) in [6.45, 7) is 13.8. The van der Waals surface area contributed by atoms with E-state index in [4.69, 9.17) is 0 Å². The lowest BCUT2D eigenvalue weighted by Gasteiger charge is -2.43. The Morgan fingerprint density at radius 1 is 1.03 bits per heavy atom. The smallest absolute Gasteiger partial charge is 0.239 e. The third kappa shape index (κ3) is 6.31. The molecule has 5 rings (SSSR count). The molecule has 194 valence electrons. The molecule has 7 heteroatoms. The van der Waals surface area contributed by atoms with Gasteiger partial charge in [-0.2, -0.15) is 0 Å². The van der Waals surface area contributed by atoms with Gasteiger partial charge in [0, 0.05) is 69.8 Å². The van der Waals surface area contributed by atoms with Crippen molar-refractivity contribution in [2.75, 3.05) is 52.4 Å². The number of amides is 1. The summed E-state index contributed by atoms with van der Waals surface area (Å²) in [5.74, 6) is 0.334. The zero-order valence-corrected chi connectivity index (χ0v) is 22.7. The van der Waals surface area contributed by atoms with Gasteiger partial charge in [0.2, 0.25) is 5.91 Å². The predicted octanol–water partition coefficient (Wildman–Crippen LogP) is 3.75. The summed E-state index contributed by atoms with van der Waals surface area (Å²) < 4.78 is 0. The molecular formula is C29H41N5OS. The number of likely N-dealkylation sites (N-methyl/N-ethyl adjacent to an activating group) is 1. The number of rotatable bonds is 7. The van der Waals surface area contributed by atoms with Crippen molar-refractivity contribution in [2.24, 2.45) is 0 Å². The third-order valence-corrected chi connectivity index (χ3v) is 9.35. The fourth-order valence-electron chi connectivity index (χ4n) is 6.12. The topological polar surface area (TPSA) is 42.9 Å². The van der Waals surface area contributed by atoms with Crippen LogP contribution >= 0.6 is 11.8 Å². The fourth-order valence-corrected chi connectivity index (χ4v) is 7.28. The van der Waals surface area contributed by atoms with Gasteiger partial charge in [0.05, 0.1) is 11.1 Å². The summed E-state index contributed by atoms with van der Waals surface area (Å²) in [5, 5.41) is 1.43. The Morgan fingerprint density at radius 3 is 2.53 bits per heavy atom. The molecule has 3 aliphatic rings. The number of hydrogen-bond acceptors (Lipinski definition) is 6. The summed E-state index contributed by atoms with van der Waals surface area (Å²) in [4.78, 5) is 28.2. The maximum atomic E-state index is 13.9. The Bertz CT molecular complexity index is 988. The molecule has 1 amide bonds. The summed E-state index contributed by atoms with van der Waals surface area (Å²) >= 11 is 1.82. The Morgan fingerprint density at radius 2 is 1.83 bits per heavy atom. The van der Waals surface area contributed by atoms with Crippen LogP contribution < -0.4 is 0 Å². The van der Waals surface area contributed by atoms with E-state index >= 15 is 0 Å². The lowest BCUT2D eigenvalue weighted by atomic mass is 10.0. The van der Waals surface area contributed by atoms with E-state index in [1.165, 1.54) is 37.3 Å². The number of carbonyl (C=O) groups excluding carboxylic acids is 1. The van der Waals surface area contributed by atoms with Crippen LogP contribution in [0.25, 0.3) is 0 Å². The molecule has 6 nitrogen and oxygen atoms in total. The lowest BCUT2D eigenvalue weighted by molar-refractivity contribution is -0.137. The summed E-state index contributed by atoms with van der Waals surface area (Å²) in [7, 11) is 0. The highest BCUT2D eigenvalue weighted by Crippen LogP contribution is 2.34. The molecule has 3 fully saturated rings. The molecule has 2 aromatic rings. The van der Waals surface area contributed by atoms with Gasteiger partial charge in [-0.3, -0.25) is 14.6 Å². The number of thioether (sulfide) groups is 1. The number of aryl methyl sites for hydroxylation is 1. The molecule has 0 spiro atoms. The van der Waals surface area contributed by atoms with Crippen molar-refractivity contribution in [2.45, 2.75) is 62.0 Å². The molecule has 0 N–H and O–H groups in total. The van der Waals surface area contributed by atoms with Gasteiger partial charge < -0.3 is 9.80 Å². The average Bonchev–Trinajstić information content (AvgIpc) is 3.30. The molecule has 3 aliphatic heterocycles. The zero-order chi connectivity index (χ0) is 24.9.